The molecule has 0 saturated carbocycles. The van der Waals surface area contributed by atoms with Gasteiger partial charge in [-0.2, -0.15) is 0 Å². The summed E-state index contributed by atoms with van der Waals surface area (Å²) < 4.78 is 5.35. The monoisotopic (exact) mass is 286 g/mol. The highest BCUT2D eigenvalue weighted by Crippen LogP contribution is 2.20. The third kappa shape index (κ3) is 5.88. The molecule has 0 bridgehead atoms. The fourth-order valence-corrected chi connectivity index (χ4v) is 1.93. The molecular formula is C14H26N2O4. The molecule has 0 aromatic heterocycles. The van der Waals surface area contributed by atoms with Crippen LogP contribution in [-0.2, 0) is 14.3 Å². The Balaban J connectivity index is 2.16. The van der Waals surface area contributed by atoms with Crippen molar-refractivity contribution in [3.05, 3.63) is 0 Å². The van der Waals surface area contributed by atoms with E-state index >= 15 is 0 Å². The molecule has 1 aliphatic rings. The highest BCUT2D eigenvalue weighted by atomic mass is 16.5. The van der Waals surface area contributed by atoms with E-state index in [-0.39, 0.29) is 18.1 Å². The van der Waals surface area contributed by atoms with Crippen LogP contribution in [0.2, 0.25) is 0 Å². The van der Waals surface area contributed by atoms with Gasteiger partial charge in [0, 0.05) is 19.7 Å². The average Bonchev–Trinajstić information content (AvgIpc) is 2.87. The Morgan fingerprint density at radius 3 is 2.50 bits per heavy atom. The van der Waals surface area contributed by atoms with Crippen molar-refractivity contribution in [2.75, 3.05) is 19.7 Å². The Morgan fingerprint density at radius 2 is 1.95 bits per heavy atom. The number of ether oxygens (including phenoxy) is 1. The molecule has 1 heterocycles. The van der Waals surface area contributed by atoms with Crippen LogP contribution in [0.1, 0.15) is 40.0 Å². The molecule has 116 valence electrons. The minimum atomic E-state index is -0.663. The third-order valence-corrected chi connectivity index (χ3v) is 3.42. The molecule has 0 spiro atoms. The van der Waals surface area contributed by atoms with Crippen molar-refractivity contribution >= 4 is 11.8 Å². The molecule has 1 aliphatic heterocycles. The zero-order valence-corrected chi connectivity index (χ0v) is 12.6. The number of aliphatic hydroxyl groups is 1. The molecule has 0 aliphatic carbocycles. The lowest BCUT2D eigenvalue weighted by molar-refractivity contribution is -0.139. The smallest absolute Gasteiger partial charge is 0.309 e. The van der Waals surface area contributed by atoms with Gasteiger partial charge in [-0.1, -0.05) is 20.8 Å². The molecule has 1 rings (SSSR count). The van der Waals surface area contributed by atoms with Gasteiger partial charge >= 0.3 is 11.8 Å². The Bertz CT molecular complexity index is 333. The molecule has 2 atom stereocenters. The largest absolute Gasteiger partial charge is 0.393 e. The lowest BCUT2D eigenvalue weighted by Crippen LogP contribution is -2.43. The van der Waals surface area contributed by atoms with Crippen LogP contribution in [0.15, 0.2) is 0 Å². The second-order valence-electron chi connectivity index (χ2n) is 6.27. The van der Waals surface area contributed by atoms with E-state index in [1.807, 2.05) is 20.8 Å². The van der Waals surface area contributed by atoms with E-state index in [1.165, 1.54) is 0 Å². The first kappa shape index (κ1) is 16.9. The second-order valence-corrected chi connectivity index (χ2v) is 6.27. The van der Waals surface area contributed by atoms with Gasteiger partial charge in [0.2, 0.25) is 0 Å². The van der Waals surface area contributed by atoms with Gasteiger partial charge in [0.25, 0.3) is 0 Å². The first-order chi connectivity index (χ1) is 9.30. The van der Waals surface area contributed by atoms with Gasteiger partial charge in [-0.15, -0.1) is 0 Å². The molecule has 2 unspecified atom stereocenters. The summed E-state index contributed by atoms with van der Waals surface area (Å²) in [5, 5.41) is 14.9. The minimum absolute atomic E-state index is 0.0227. The summed E-state index contributed by atoms with van der Waals surface area (Å²) in [4.78, 5) is 23.1. The summed E-state index contributed by atoms with van der Waals surface area (Å²) in [7, 11) is 0. The Kier molecular flexibility index (Phi) is 6.42. The molecule has 1 saturated heterocycles. The molecule has 6 nitrogen and oxygen atoms in total. The van der Waals surface area contributed by atoms with Crippen LogP contribution in [0.3, 0.4) is 0 Å². The predicted octanol–water partition coefficient (Wildman–Crippen LogP) is 0.195. The van der Waals surface area contributed by atoms with Gasteiger partial charge in [-0.05, 0) is 24.7 Å². The summed E-state index contributed by atoms with van der Waals surface area (Å²) >= 11 is 0. The molecule has 0 radical (unpaired) electrons. The van der Waals surface area contributed by atoms with E-state index in [1.54, 1.807) is 0 Å². The summed E-state index contributed by atoms with van der Waals surface area (Å²) in [6.07, 6.45) is 1.85. The van der Waals surface area contributed by atoms with Crippen molar-refractivity contribution in [3.63, 3.8) is 0 Å². The number of hydrogen-bond donors (Lipinski definition) is 3. The van der Waals surface area contributed by atoms with Crippen LogP contribution in [0.25, 0.3) is 0 Å². The van der Waals surface area contributed by atoms with Gasteiger partial charge in [-0.3, -0.25) is 9.59 Å². The molecule has 20 heavy (non-hydrogen) atoms. The van der Waals surface area contributed by atoms with Crippen LogP contribution >= 0.6 is 0 Å². The summed E-state index contributed by atoms with van der Waals surface area (Å²) in [5.74, 6) is -1.31. The maximum atomic E-state index is 11.5. The molecule has 1 fully saturated rings. The fraction of sp³-hybridized carbons (Fsp3) is 0.857. The maximum absolute atomic E-state index is 11.5. The molecule has 2 amide bonds. The third-order valence-electron chi connectivity index (χ3n) is 3.42. The van der Waals surface area contributed by atoms with Gasteiger partial charge in [-0.25, -0.2) is 0 Å². The van der Waals surface area contributed by atoms with E-state index in [4.69, 9.17) is 4.74 Å². The van der Waals surface area contributed by atoms with E-state index in [0.29, 0.717) is 13.0 Å². The van der Waals surface area contributed by atoms with Crippen molar-refractivity contribution in [3.8, 4) is 0 Å². The number of carbonyl (C=O) groups is 2. The SMILES string of the molecule is CC(C)(C)C(O)CCNC(=O)C(=O)NCC1CCCO1. The lowest BCUT2D eigenvalue weighted by atomic mass is 9.87. The molecule has 0 aromatic rings. The number of amides is 2. The lowest BCUT2D eigenvalue weighted by Gasteiger charge is -2.25. The van der Waals surface area contributed by atoms with Crippen molar-refractivity contribution in [2.45, 2.75) is 52.2 Å². The average molecular weight is 286 g/mol. The molecule has 6 heteroatoms. The zero-order chi connectivity index (χ0) is 15.2. The van der Waals surface area contributed by atoms with Crippen LogP contribution in [0, 0.1) is 5.41 Å². The van der Waals surface area contributed by atoms with Crippen molar-refractivity contribution in [2.24, 2.45) is 5.41 Å². The quantitative estimate of drug-likeness (QED) is 0.630. The maximum Gasteiger partial charge on any atom is 0.309 e. The highest BCUT2D eigenvalue weighted by molar-refractivity contribution is 6.35. The Labute approximate surface area is 120 Å². The number of aliphatic hydroxyl groups excluding tert-OH is 1. The van der Waals surface area contributed by atoms with E-state index < -0.39 is 17.9 Å². The molecule has 0 aromatic carbocycles. The van der Waals surface area contributed by atoms with E-state index in [9.17, 15) is 14.7 Å². The normalized spacial score (nSPS) is 20.5. The highest BCUT2D eigenvalue weighted by Gasteiger charge is 2.23. The number of carbonyl (C=O) groups excluding carboxylic acids is 2. The predicted molar refractivity (Wildman–Crippen MR) is 75.1 cm³/mol. The first-order valence-corrected chi connectivity index (χ1v) is 7.16. The Morgan fingerprint density at radius 1 is 1.30 bits per heavy atom. The Hall–Kier alpha value is -1.14. The van der Waals surface area contributed by atoms with Crippen LogP contribution in [-0.4, -0.2) is 48.8 Å². The van der Waals surface area contributed by atoms with Crippen molar-refractivity contribution in [1.29, 1.82) is 0 Å². The number of rotatable bonds is 5. The topological polar surface area (TPSA) is 87.7 Å². The van der Waals surface area contributed by atoms with Gasteiger partial charge in [0.05, 0.1) is 12.2 Å². The summed E-state index contributed by atoms with van der Waals surface area (Å²) in [6, 6.07) is 0. The second kappa shape index (κ2) is 7.59. The summed E-state index contributed by atoms with van der Waals surface area (Å²) in [5.41, 5.74) is -0.229. The van der Waals surface area contributed by atoms with Gasteiger partial charge in [0.15, 0.2) is 0 Å². The standard InChI is InChI=1S/C14H26N2O4/c1-14(2,3)11(17)6-7-15-12(18)13(19)16-9-10-5-4-8-20-10/h10-11,17H,4-9H2,1-3H3,(H,15,18)(H,16,19). The van der Waals surface area contributed by atoms with Crippen molar-refractivity contribution < 1.29 is 19.4 Å². The van der Waals surface area contributed by atoms with Gasteiger partial charge < -0.3 is 20.5 Å². The van der Waals surface area contributed by atoms with Crippen LogP contribution in [0.5, 0.6) is 0 Å². The van der Waals surface area contributed by atoms with Gasteiger partial charge in [0.1, 0.15) is 0 Å². The fourth-order valence-electron chi connectivity index (χ4n) is 1.93. The number of nitrogens with one attached hydrogen (secondary N) is 2. The molecular weight excluding hydrogens is 260 g/mol. The van der Waals surface area contributed by atoms with E-state index in [2.05, 4.69) is 10.6 Å². The van der Waals surface area contributed by atoms with E-state index in [0.717, 1.165) is 19.4 Å². The van der Waals surface area contributed by atoms with Crippen LogP contribution < -0.4 is 10.6 Å². The zero-order valence-electron chi connectivity index (χ0n) is 12.6. The summed E-state index contributed by atoms with van der Waals surface area (Å²) in [6.45, 7) is 7.15. The first-order valence-electron chi connectivity index (χ1n) is 7.16. The minimum Gasteiger partial charge on any atom is -0.393 e. The number of hydrogen-bond acceptors (Lipinski definition) is 4. The van der Waals surface area contributed by atoms with Crippen LogP contribution in [0.4, 0.5) is 0 Å². The molecule has 3 N–H and O–H groups in total. The van der Waals surface area contributed by atoms with Crippen molar-refractivity contribution in [1.82, 2.24) is 10.6 Å².